The minimum atomic E-state index is -2.00. The van der Waals surface area contributed by atoms with Gasteiger partial charge in [-0.3, -0.25) is 9.59 Å². The molecule has 0 aromatic heterocycles. The zero-order valence-electron chi connectivity index (χ0n) is 31.2. The molecule has 4 heterocycles. The maximum atomic E-state index is 13.2. The van der Waals surface area contributed by atoms with Crippen molar-refractivity contribution in [1.29, 1.82) is 0 Å². The van der Waals surface area contributed by atoms with E-state index >= 15 is 0 Å². The van der Waals surface area contributed by atoms with Gasteiger partial charge in [-0.25, -0.2) is 0 Å². The Kier molecular flexibility index (Phi) is 13.0. The van der Waals surface area contributed by atoms with Crippen LogP contribution in [0.1, 0.15) is 99.8 Å². The number of hydrogen-bond acceptors (Lipinski definition) is 12. The van der Waals surface area contributed by atoms with Gasteiger partial charge in [0.05, 0.1) is 49.1 Å². The number of cyclic esters (lactones) is 1. The highest BCUT2D eigenvalue weighted by Crippen LogP contribution is 2.50. The van der Waals surface area contributed by atoms with Gasteiger partial charge in [-0.1, -0.05) is 51.5 Å². The molecule has 6 bridgehead atoms. The predicted octanol–water partition coefficient (Wildman–Crippen LogP) is 3.82. The van der Waals surface area contributed by atoms with E-state index in [-0.39, 0.29) is 37.9 Å². The molecule has 50 heavy (non-hydrogen) atoms. The number of ketones is 1. The molecule has 11 atom stereocenters. The Labute approximate surface area is 296 Å². The fourth-order valence-corrected chi connectivity index (χ4v) is 8.04. The van der Waals surface area contributed by atoms with Crippen LogP contribution in [-0.2, 0) is 38.0 Å². The average molecular weight is 709 g/mol. The van der Waals surface area contributed by atoms with Gasteiger partial charge in [0, 0.05) is 50.7 Å². The summed E-state index contributed by atoms with van der Waals surface area (Å²) < 4.78 is 36.8. The van der Waals surface area contributed by atoms with Crippen LogP contribution in [0.15, 0.2) is 35.5 Å². The highest BCUT2D eigenvalue weighted by atomic mass is 16.7. The number of allylic oxidation sites excluding steroid dienone is 2. The summed E-state index contributed by atoms with van der Waals surface area (Å²) in [6, 6.07) is 0. The van der Waals surface area contributed by atoms with Gasteiger partial charge in [-0.15, -0.1) is 0 Å². The van der Waals surface area contributed by atoms with Gasteiger partial charge in [-0.2, -0.15) is 0 Å². The summed E-state index contributed by atoms with van der Waals surface area (Å²) >= 11 is 0. The van der Waals surface area contributed by atoms with Gasteiger partial charge in [0.2, 0.25) is 5.79 Å². The molecule has 4 aliphatic rings. The second-order valence-corrected chi connectivity index (χ2v) is 15.8. The van der Waals surface area contributed by atoms with Crippen molar-refractivity contribution >= 4 is 11.8 Å². The van der Waals surface area contributed by atoms with Gasteiger partial charge in [0.1, 0.15) is 12.2 Å². The second kappa shape index (κ2) is 15.9. The van der Waals surface area contributed by atoms with E-state index in [0.717, 1.165) is 5.57 Å². The van der Waals surface area contributed by atoms with E-state index in [1.165, 1.54) is 27.0 Å². The number of rotatable bonds is 4. The number of fused-ring (bicyclic) bond motifs is 6. The standard InChI is InChI=1S/C38H60O12/c1-10-24-14-27-11-12-35(4,5)38(44)34(46-9)25(13-22(2)39)16-28(50-38)19-31(23(3)40)48-33(42)18-26(41)17-29-20-32(45-8)36(6,7)37(43,49-29)21-30(15-24)47-27/h10-13,23,26-32,34,40-41,43-44H,14-21H2,1-9H3/b12-11+,24-10?,25-13+. The van der Waals surface area contributed by atoms with Crippen molar-refractivity contribution in [3.63, 3.8) is 0 Å². The van der Waals surface area contributed by atoms with Crippen molar-refractivity contribution < 1.29 is 58.4 Å². The molecule has 3 saturated heterocycles. The van der Waals surface area contributed by atoms with E-state index in [1.807, 2.05) is 39.0 Å². The number of esters is 1. The van der Waals surface area contributed by atoms with Crippen molar-refractivity contribution in [3.05, 3.63) is 35.5 Å². The molecule has 0 saturated carbocycles. The summed E-state index contributed by atoms with van der Waals surface area (Å²) in [5.74, 6) is -4.67. The molecule has 12 heteroatoms. The third kappa shape index (κ3) is 8.78. The summed E-state index contributed by atoms with van der Waals surface area (Å²) in [6.07, 6.45) is 1.68. The Bertz CT molecular complexity index is 1300. The first-order chi connectivity index (χ1) is 23.3. The molecule has 11 unspecified atom stereocenters. The third-order valence-electron chi connectivity index (χ3n) is 11.2. The maximum absolute atomic E-state index is 13.2. The number of aliphatic hydroxyl groups is 4. The van der Waals surface area contributed by atoms with Crippen molar-refractivity contribution in [2.75, 3.05) is 14.2 Å². The molecular weight excluding hydrogens is 648 g/mol. The van der Waals surface area contributed by atoms with E-state index < -0.39 is 83.3 Å². The molecule has 0 aliphatic carbocycles. The lowest BCUT2D eigenvalue weighted by Gasteiger charge is -2.54. The van der Waals surface area contributed by atoms with Crippen LogP contribution in [0.25, 0.3) is 0 Å². The lowest BCUT2D eigenvalue weighted by molar-refractivity contribution is -0.350. The monoisotopic (exact) mass is 708 g/mol. The molecule has 3 fully saturated rings. The Morgan fingerprint density at radius 3 is 2.28 bits per heavy atom. The second-order valence-electron chi connectivity index (χ2n) is 15.8. The minimum Gasteiger partial charge on any atom is -0.459 e. The molecule has 0 amide bonds. The molecule has 12 nitrogen and oxygen atoms in total. The zero-order valence-corrected chi connectivity index (χ0v) is 31.2. The zero-order chi connectivity index (χ0) is 37.2. The normalized spacial score (nSPS) is 42.7. The lowest BCUT2D eigenvalue weighted by Crippen LogP contribution is -2.62. The molecule has 0 radical (unpaired) electrons. The van der Waals surface area contributed by atoms with Crippen molar-refractivity contribution in [2.45, 2.75) is 166 Å². The number of carbonyl (C=O) groups excluding carboxylic acids is 2. The van der Waals surface area contributed by atoms with E-state index in [4.69, 9.17) is 28.4 Å². The van der Waals surface area contributed by atoms with Crippen LogP contribution in [0.2, 0.25) is 0 Å². The van der Waals surface area contributed by atoms with Crippen molar-refractivity contribution in [1.82, 2.24) is 0 Å². The summed E-state index contributed by atoms with van der Waals surface area (Å²) in [6.45, 7) is 12.2. The Hall–Kier alpha value is -2.00. The predicted molar refractivity (Wildman–Crippen MR) is 184 cm³/mol. The molecule has 0 spiro atoms. The van der Waals surface area contributed by atoms with Crippen LogP contribution in [0.3, 0.4) is 0 Å². The first-order valence-corrected chi connectivity index (χ1v) is 17.9. The third-order valence-corrected chi connectivity index (χ3v) is 11.2. The highest BCUT2D eigenvalue weighted by Gasteiger charge is 2.58. The molecule has 0 aromatic carbocycles. The van der Waals surface area contributed by atoms with Gasteiger partial charge in [-0.05, 0) is 51.7 Å². The maximum Gasteiger partial charge on any atom is 0.308 e. The van der Waals surface area contributed by atoms with Crippen LogP contribution in [-0.4, -0.2) is 113 Å². The van der Waals surface area contributed by atoms with E-state index in [9.17, 15) is 30.0 Å². The number of aliphatic hydroxyl groups excluding tert-OH is 2. The molecular formula is C38H60O12. The minimum absolute atomic E-state index is 0.00523. The summed E-state index contributed by atoms with van der Waals surface area (Å²) in [5, 5.41) is 46.4. The molecule has 4 rings (SSSR count). The SMILES string of the molecule is CC=C1CC2/C=C/C(C)(C)C3(O)OC(C/C(=C\C(C)=O)C3OC)CC(C(C)O)OC(=O)CC(O)CC3CC(OC)C(C)(C)C(O)(CC(C1)O2)O3. The first-order valence-electron chi connectivity index (χ1n) is 17.9. The number of ether oxygens (including phenoxy) is 6. The smallest absolute Gasteiger partial charge is 0.308 e. The van der Waals surface area contributed by atoms with Crippen LogP contribution < -0.4 is 0 Å². The Morgan fingerprint density at radius 1 is 0.980 bits per heavy atom. The fourth-order valence-electron chi connectivity index (χ4n) is 8.04. The van der Waals surface area contributed by atoms with Crippen molar-refractivity contribution in [3.8, 4) is 0 Å². The average Bonchev–Trinajstić information content (AvgIpc) is 3.00. The molecule has 4 N–H and O–H groups in total. The van der Waals surface area contributed by atoms with E-state index in [2.05, 4.69) is 0 Å². The Morgan fingerprint density at radius 2 is 1.68 bits per heavy atom. The first kappa shape index (κ1) is 40.8. The molecule has 4 aliphatic heterocycles. The van der Waals surface area contributed by atoms with Gasteiger partial charge in [0.15, 0.2) is 11.6 Å². The van der Waals surface area contributed by atoms with Crippen LogP contribution in [0.4, 0.5) is 0 Å². The quantitative estimate of drug-likeness (QED) is 0.190. The molecule has 284 valence electrons. The number of carbonyl (C=O) groups is 2. The summed E-state index contributed by atoms with van der Waals surface area (Å²) in [4.78, 5) is 25.5. The Balaban J connectivity index is 1.79. The summed E-state index contributed by atoms with van der Waals surface area (Å²) in [5.41, 5.74) is -0.329. The largest absolute Gasteiger partial charge is 0.459 e. The van der Waals surface area contributed by atoms with Crippen LogP contribution in [0, 0.1) is 10.8 Å². The van der Waals surface area contributed by atoms with Crippen LogP contribution in [0.5, 0.6) is 0 Å². The summed E-state index contributed by atoms with van der Waals surface area (Å²) in [7, 11) is 3.02. The topological polar surface area (TPSA) is 170 Å². The fraction of sp³-hybridized carbons (Fsp3) is 0.789. The van der Waals surface area contributed by atoms with E-state index in [0.29, 0.717) is 24.8 Å². The van der Waals surface area contributed by atoms with Crippen molar-refractivity contribution in [2.24, 2.45) is 10.8 Å². The number of hydrogen-bond donors (Lipinski definition) is 4. The van der Waals surface area contributed by atoms with Crippen LogP contribution >= 0.6 is 0 Å². The van der Waals surface area contributed by atoms with Gasteiger partial charge in [0.25, 0.3) is 0 Å². The highest BCUT2D eigenvalue weighted by molar-refractivity contribution is 5.88. The van der Waals surface area contributed by atoms with Gasteiger partial charge < -0.3 is 48.8 Å². The number of methoxy groups -OCH3 is 2. The molecule has 0 aromatic rings. The van der Waals surface area contributed by atoms with E-state index in [1.54, 1.807) is 21.0 Å². The van der Waals surface area contributed by atoms with Gasteiger partial charge >= 0.3 is 5.97 Å². The lowest BCUT2D eigenvalue weighted by atomic mass is 9.70.